The van der Waals surface area contributed by atoms with Crippen LogP contribution in [0.5, 0.6) is 0 Å². The summed E-state index contributed by atoms with van der Waals surface area (Å²) in [6.45, 7) is 0. The molecule has 4 aliphatic rings. The van der Waals surface area contributed by atoms with Gasteiger partial charge >= 0.3 is 0 Å². The fourth-order valence-electron chi connectivity index (χ4n) is 4.60. The maximum absolute atomic E-state index is 12.3. The van der Waals surface area contributed by atoms with Crippen LogP contribution in [0.2, 0.25) is 0 Å². The Hall–Kier alpha value is -2.42. The lowest BCUT2D eigenvalue weighted by molar-refractivity contribution is -0.126. The molecule has 2 aromatic rings. The number of hydrogen-bond donors (Lipinski definition) is 1. The highest BCUT2D eigenvalue weighted by molar-refractivity contribution is 6.07. The van der Waals surface area contributed by atoms with E-state index in [1.807, 2.05) is 24.3 Å². The minimum absolute atomic E-state index is 0.0128. The average Bonchev–Trinajstić information content (AvgIpc) is 2.83. The van der Waals surface area contributed by atoms with Crippen molar-refractivity contribution in [2.24, 2.45) is 11.8 Å². The van der Waals surface area contributed by atoms with Gasteiger partial charge in [-0.1, -0.05) is 48.5 Å². The Morgan fingerprint density at radius 2 is 0.952 bits per heavy atom. The van der Waals surface area contributed by atoms with E-state index >= 15 is 0 Å². The fourth-order valence-corrected chi connectivity index (χ4v) is 4.60. The van der Waals surface area contributed by atoms with Crippen LogP contribution in [0.4, 0.5) is 0 Å². The smallest absolute Gasteiger partial charge is 0.231 e. The lowest BCUT2D eigenvalue weighted by Gasteiger charge is -2.45. The van der Waals surface area contributed by atoms with Gasteiger partial charge in [0.05, 0.1) is 11.8 Å². The molecule has 1 heterocycles. The van der Waals surface area contributed by atoms with Crippen LogP contribution in [0.15, 0.2) is 48.5 Å². The molecule has 3 nitrogen and oxygen atoms in total. The van der Waals surface area contributed by atoms with Gasteiger partial charge in [-0.2, -0.15) is 0 Å². The first-order chi connectivity index (χ1) is 10.3. The van der Waals surface area contributed by atoms with E-state index in [-0.39, 0.29) is 35.5 Å². The number of rotatable bonds is 0. The third kappa shape index (κ3) is 1.20. The molecule has 3 aliphatic carbocycles. The predicted molar refractivity (Wildman–Crippen MR) is 76.7 cm³/mol. The van der Waals surface area contributed by atoms with Crippen molar-refractivity contribution in [1.82, 2.24) is 5.32 Å². The van der Waals surface area contributed by atoms with Crippen molar-refractivity contribution in [3.8, 4) is 0 Å². The molecule has 2 aromatic carbocycles. The molecule has 0 aromatic heterocycles. The highest BCUT2D eigenvalue weighted by Crippen LogP contribution is 2.59. The largest absolute Gasteiger partial charge is 0.296 e. The Bertz CT molecular complexity index is 697. The molecular weight excluding hydrogens is 262 g/mol. The van der Waals surface area contributed by atoms with Crippen LogP contribution < -0.4 is 5.32 Å². The molecule has 1 saturated heterocycles. The van der Waals surface area contributed by atoms with Gasteiger partial charge in [-0.15, -0.1) is 0 Å². The van der Waals surface area contributed by atoms with E-state index < -0.39 is 0 Å². The Morgan fingerprint density at radius 1 is 0.619 bits per heavy atom. The molecule has 1 fully saturated rings. The number of amides is 2. The second-order valence-electron chi connectivity index (χ2n) is 6.12. The first kappa shape index (κ1) is 11.3. The number of carbonyl (C=O) groups is 2. The summed E-state index contributed by atoms with van der Waals surface area (Å²) in [7, 11) is 0. The van der Waals surface area contributed by atoms with Gasteiger partial charge in [0.15, 0.2) is 0 Å². The number of carbonyl (C=O) groups excluding carboxylic acids is 2. The highest BCUT2D eigenvalue weighted by atomic mass is 16.2. The molecule has 102 valence electrons. The minimum atomic E-state index is -0.243. The summed E-state index contributed by atoms with van der Waals surface area (Å²) in [6.07, 6.45) is 0. The van der Waals surface area contributed by atoms with Crippen LogP contribution in [0.1, 0.15) is 34.1 Å². The third-order valence-electron chi connectivity index (χ3n) is 5.29. The molecule has 0 radical (unpaired) electrons. The summed E-state index contributed by atoms with van der Waals surface area (Å²) in [5.41, 5.74) is 4.86. The standard InChI is InChI=1S/C18H13NO2/c20-17-15-13-9-5-1-2-6-10(9)14(16(15)18(21)19-17)12-8-4-3-7-11(12)13/h1-8,13-16H,(H,19,20,21)/t13?,14?,15-,16-/m0/s1. The highest BCUT2D eigenvalue weighted by Gasteiger charge is 2.58. The lowest BCUT2D eigenvalue weighted by Crippen LogP contribution is -2.41. The van der Waals surface area contributed by atoms with Crippen molar-refractivity contribution in [2.45, 2.75) is 11.8 Å². The molecule has 2 amide bonds. The summed E-state index contributed by atoms with van der Waals surface area (Å²) in [5.74, 6) is -0.676. The van der Waals surface area contributed by atoms with Gasteiger partial charge in [0.2, 0.25) is 11.8 Å². The monoisotopic (exact) mass is 275 g/mol. The van der Waals surface area contributed by atoms with Gasteiger partial charge in [-0.3, -0.25) is 14.9 Å². The second-order valence-corrected chi connectivity index (χ2v) is 6.12. The van der Waals surface area contributed by atoms with Crippen LogP contribution in [-0.2, 0) is 9.59 Å². The zero-order chi connectivity index (χ0) is 14.1. The Balaban J connectivity index is 1.88. The van der Waals surface area contributed by atoms with E-state index in [2.05, 4.69) is 29.6 Å². The third-order valence-corrected chi connectivity index (χ3v) is 5.29. The summed E-state index contributed by atoms with van der Waals surface area (Å²) >= 11 is 0. The van der Waals surface area contributed by atoms with Crippen LogP contribution in [0, 0.1) is 11.8 Å². The van der Waals surface area contributed by atoms with Crippen molar-refractivity contribution in [2.75, 3.05) is 0 Å². The molecule has 1 aliphatic heterocycles. The van der Waals surface area contributed by atoms with Gasteiger partial charge in [0, 0.05) is 11.8 Å². The maximum Gasteiger partial charge on any atom is 0.231 e. The predicted octanol–water partition coefficient (Wildman–Crippen LogP) is 2.17. The topological polar surface area (TPSA) is 46.2 Å². The Kier molecular flexibility index (Phi) is 1.94. The Labute approximate surface area is 122 Å². The van der Waals surface area contributed by atoms with Gasteiger partial charge < -0.3 is 0 Å². The van der Waals surface area contributed by atoms with E-state index in [9.17, 15) is 9.59 Å². The van der Waals surface area contributed by atoms with E-state index in [1.54, 1.807) is 0 Å². The quantitative estimate of drug-likeness (QED) is 0.749. The van der Waals surface area contributed by atoms with Crippen LogP contribution in [-0.4, -0.2) is 11.8 Å². The number of nitrogens with one attached hydrogen (secondary N) is 1. The molecule has 2 atom stereocenters. The first-order valence-corrected chi connectivity index (χ1v) is 7.29. The van der Waals surface area contributed by atoms with Crippen molar-refractivity contribution in [1.29, 1.82) is 0 Å². The van der Waals surface area contributed by atoms with Crippen molar-refractivity contribution < 1.29 is 9.59 Å². The second kappa shape index (κ2) is 3.61. The maximum atomic E-state index is 12.3. The molecule has 3 heteroatoms. The van der Waals surface area contributed by atoms with Crippen LogP contribution >= 0.6 is 0 Å². The summed E-state index contributed by atoms with van der Waals surface area (Å²) in [5, 5.41) is 2.55. The van der Waals surface area contributed by atoms with Gasteiger partial charge in [-0.05, 0) is 22.3 Å². The zero-order valence-corrected chi connectivity index (χ0v) is 11.2. The lowest BCUT2D eigenvalue weighted by atomic mass is 9.55. The van der Waals surface area contributed by atoms with E-state index in [0.29, 0.717) is 0 Å². The SMILES string of the molecule is O=C1NC(=O)[C@H]2C3c4ccccc4C(c4ccccc43)[C@H]12. The molecular formula is C18H13NO2. The van der Waals surface area contributed by atoms with Gasteiger partial charge in [0.1, 0.15) is 0 Å². The Morgan fingerprint density at radius 3 is 1.29 bits per heavy atom. The minimum Gasteiger partial charge on any atom is -0.296 e. The summed E-state index contributed by atoms with van der Waals surface area (Å²) < 4.78 is 0. The molecule has 21 heavy (non-hydrogen) atoms. The van der Waals surface area contributed by atoms with Gasteiger partial charge in [0.25, 0.3) is 0 Å². The zero-order valence-electron chi connectivity index (χ0n) is 11.2. The van der Waals surface area contributed by atoms with Crippen molar-refractivity contribution in [3.05, 3.63) is 70.8 Å². The number of benzene rings is 2. The molecule has 0 unspecified atom stereocenters. The van der Waals surface area contributed by atoms with Crippen molar-refractivity contribution >= 4 is 11.8 Å². The molecule has 0 spiro atoms. The molecule has 6 rings (SSSR count). The van der Waals surface area contributed by atoms with E-state index in [0.717, 1.165) is 0 Å². The van der Waals surface area contributed by atoms with Gasteiger partial charge in [-0.25, -0.2) is 0 Å². The number of hydrogen-bond acceptors (Lipinski definition) is 2. The molecule has 0 saturated carbocycles. The summed E-state index contributed by atoms with van der Waals surface area (Å²) in [6, 6.07) is 16.5. The molecule has 2 bridgehead atoms. The average molecular weight is 275 g/mol. The first-order valence-electron chi connectivity index (χ1n) is 7.29. The van der Waals surface area contributed by atoms with Crippen LogP contribution in [0.3, 0.4) is 0 Å². The fraction of sp³-hybridized carbons (Fsp3) is 0.222. The number of imide groups is 1. The molecule has 1 N–H and O–H groups in total. The van der Waals surface area contributed by atoms with Crippen molar-refractivity contribution in [3.63, 3.8) is 0 Å². The van der Waals surface area contributed by atoms with E-state index in [4.69, 9.17) is 0 Å². The van der Waals surface area contributed by atoms with Crippen LogP contribution in [0.25, 0.3) is 0 Å². The normalized spacial score (nSPS) is 31.4. The van der Waals surface area contributed by atoms with E-state index in [1.165, 1.54) is 22.3 Å². The summed E-state index contributed by atoms with van der Waals surface area (Å²) in [4.78, 5) is 24.6.